The summed E-state index contributed by atoms with van der Waals surface area (Å²) in [5.74, 6) is -0.151. The van der Waals surface area contributed by atoms with Crippen molar-refractivity contribution in [1.82, 2.24) is 0 Å². The Balaban J connectivity index is 2.13. The summed E-state index contributed by atoms with van der Waals surface area (Å²) in [6.45, 7) is 1.86. The van der Waals surface area contributed by atoms with Crippen LogP contribution in [0.25, 0.3) is 0 Å². The molecule has 0 saturated heterocycles. The molecule has 0 bridgehead atoms. The van der Waals surface area contributed by atoms with Gasteiger partial charge in [0.2, 0.25) is 5.91 Å². The predicted molar refractivity (Wildman–Crippen MR) is 84.4 cm³/mol. The zero-order valence-corrected chi connectivity index (χ0v) is 12.4. The average Bonchev–Trinajstić information content (AvgIpc) is 2.39. The van der Waals surface area contributed by atoms with Gasteiger partial charge < -0.3 is 11.1 Å². The largest absolute Gasteiger partial charge is 0.398 e. The first kappa shape index (κ1) is 14.7. The molecular weight excluding hydrogens is 295 g/mol. The summed E-state index contributed by atoms with van der Waals surface area (Å²) in [5.41, 5.74) is 8.49. The van der Waals surface area contributed by atoms with Crippen molar-refractivity contribution in [1.29, 1.82) is 0 Å². The van der Waals surface area contributed by atoms with Crippen LogP contribution in [0, 0.1) is 6.92 Å². The maximum atomic E-state index is 12.0. The average molecular weight is 309 g/mol. The lowest BCUT2D eigenvalue weighted by atomic mass is 10.1. The van der Waals surface area contributed by atoms with Crippen molar-refractivity contribution in [2.24, 2.45) is 0 Å². The minimum Gasteiger partial charge on any atom is -0.398 e. The lowest BCUT2D eigenvalue weighted by molar-refractivity contribution is -0.115. The van der Waals surface area contributed by atoms with Crippen LogP contribution in [0.5, 0.6) is 0 Å². The number of carbonyl (C=O) groups is 1. The summed E-state index contributed by atoms with van der Waals surface area (Å²) in [4.78, 5) is 12.0. The zero-order valence-electron chi connectivity index (χ0n) is 10.9. The predicted octanol–water partition coefficient (Wildman–Crippen LogP) is 4.07. The highest BCUT2D eigenvalue weighted by Crippen LogP contribution is 2.27. The molecule has 0 aliphatic heterocycles. The third kappa shape index (κ3) is 3.44. The third-order valence-corrected chi connectivity index (χ3v) is 3.62. The Hall–Kier alpha value is -1.71. The number of hydrogen-bond acceptors (Lipinski definition) is 2. The maximum absolute atomic E-state index is 12.0. The van der Waals surface area contributed by atoms with Crippen molar-refractivity contribution >= 4 is 40.5 Å². The molecule has 0 saturated carbocycles. The molecule has 3 N–H and O–H groups in total. The molecule has 0 heterocycles. The number of benzene rings is 2. The van der Waals surface area contributed by atoms with E-state index in [4.69, 9.17) is 28.9 Å². The fourth-order valence-corrected chi connectivity index (χ4v) is 2.21. The third-order valence-electron chi connectivity index (χ3n) is 2.93. The van der Waals surface area contributed by atoms with E-state index in [0.29, 0.717) is 21.4 Å². The number of rotatable bonds is 3. The summed E-state index contributed by atoms with van der Waals surface area (Å²) in [5, 5.41) is 3.81. The SMILES string of the molecule is Cc1cc(N)c(Cl)cc1NC(=O)Cc1ccccc1Cl. The molecule has 0 unspecified atom stereocenters. The standard InChI is InChI=1S/C15H14Cl2N2O/c1-9-6-13(18)12(17)8-14(9)19-15(20)7-10-4-2-3-5-11(10)16/h2-6,8H,7,18H2,1H3,(H,19,20). The van der Waals surface area contributed by atoms with E-state index in [9.17, 15) is 4.79 Å². The van der Waals surface area contributed by atoms with E-state index < -0.39 is 0 Å². The lowest BCUT2D eigenvalue weighted by Crippen LogP contribution is -2.15. The van der Waals surface area contributed by atoms with E-state index in [-0.39, 0.29) is 12.3 Å². The first-order chi connectivity index (χ1) is 9.47. The van der Waals surface area contributed by atoms with Gasteiger partial charge in [-0.3, -0.25) is 4.79 Å². The quantitative estimate of drug-likeness (QED) is 0.840. The van der Waals surface area contributed by atoms with Crippen LogP contribution in [0.15, 0.2) is 36.4 Å². The van der Waals surface area contributed by atoms with Crippen LogP contribution < -0.4 is 11.1 Å². The van der Waals surface area contributed by atoms with E-state index in [1.807, 2.05) is 25.1 Å². The first-order valence-corrected chi connectivity index (χ1v) is 6.82. The van der Waals surface area contributed by atoms with Gasteiger partial charge in [-0.2, -0.15) is 0 Å². The Morgan fingerprint density at radius 3 is 2.60 bits per heavy atom. The summed E-state index contributed by atoms with van der Waals surface area (Å²) in [6, 6.07) is 10.6. The number of nitrogens with one attached hydrogen (secondary N) is 1. The van der Waals surface area contributed by atoms with Crippen molar-refractivity contribution in [2.75, 3.05) is 11.1 Å². The first-order valence-electron chi connectivity index (χ1n) is 6.06. The maximum Gasteiger partial charge on any atom is 0.228 e. The second-order valence-electron chi connectivity index (χ2n) is 4.51. The van der Waals surface area contributed by atoms with Crippen LogP contribution in [0.1, 0.15) is 11.1 Å². The molecule has 3 nitrogen and oxygen atoms in total. The minimum atomic E-state index is -0.151. The van der Waals surface area contributed by atoms with Crippen molar-refractivity contribution in [3.8, 4) is 0 Å². The number of anilines is 2. The molecule has 104 valence electrons. The van der Waals surface area contributed by atoms with E-state index in [0.717, 1.165) is 11.1 Å². The number of amides is 1. The number of halogens is 2. The van der Waals surface area contributed by atoms with E-state index >= 15 is 0 Å². The molecule has 20 heavy (non-hydrogen) atoms. The van der Waals surface area contributed by atoms with Gasteiger partial charge in [-0.1, -0.05) is 41.4 Å². The number of hydrogen-bond donors (Lipinski definition) is 2. The van der Waals surface area contributed by atoms with E-state index in [1.165, 1.54) is 0 Å². The molecule has 0 radical (unpaired) electrons. The van der Waals surface area contributed by atoms with Crippen LogP contribution in [0.2, 0.25) is 10.0 Å². The Bertz CT molecular complexity index is 656. The Labute approximate surface area is 127 Å². The van der Waals surface area contributed by atoms with Gasteiger partial charge in [0.05, 0.1) is 17.1 Å². The highest BCUT2D eigenvalue weighted by atomic mass is 35.5. The molecule has 2 aromatic rings. The Kier molecular flexibility index (Phi) is 4.53. The molecule has 0 aromatic heterocycles. The highest BCUT2D eigenvalue weighted by Gasteiger charge is 2.10. The van der Waals surface area contributed by atoms with Crippen molar-refractivity contribution < 1.29 is 4.79 Å². The summed E-state index contributed by atoms with van der Waals surface area (Å²) in [7, 11) is 0. The summed E-state index contributed by atoms with van der Waals surface area (Å²) >= 11 is 12.0. The van der Waals surface area contributed by atoms with Gasteiger partial charge in [0, 0.05) is 10.7 Å². The molecule has 0 aliphatic rings. The van der Waals surface area contributed by atoms with Crippen LogP contribution in [-0.4, -0.2) is 5.91 Å². The molecule has 2 rings (SSSR count). The van der Waals surface area contributed by atoms with Gasteiger partial charge in [-0.05, 0) is 36.2 Å². The Morgan fingerprint density at radius 1 is 1.20 bits per heavy atom. The fraction of sp³-hybridized carbons (Fsp3) is 0.133. The summed E-state index contributed by atoms with van der Waals surface area (Å²) < 4.78 is 0. The Morgan fingerprint density at radius 2 is 1.90 bits per heavy atom. The molecule has 0 fully saturated rings. The monoisotopic (exact) mass is 308 g/mol. The van der Waals surface area contributed by atoms with Gasteiger partial charge >= 0.3 is 0 Å². The number of aryl methyl sites for hydroxylation is 1. The molecule has 0 aliphatic carbocycles. The van der Waals surface area contributed by atoms with Gasteiger partial charge in [0.15, 0.2) is 0 Å². The molecule has 1 amide bonds. The zero-order chi connectivity index (χ0) is 14.7. The number of nitrogens with two attached hydrogens (primary N) is 1. The van der Waals surface area contributed by atoms with Crippen molar-refractivity contribution in [3.63, 3.8) is 0 Å². The summed E-state index contributed by atoms with van der Waals surface area (Å²) in [6.07, 6.45) is 0.209. The van der Waals surface area contributed by atoms with E-state index in [1.54, 1.807) is 18.2 Å². The molecule has 5 heteroatoms. The second-order valence-corrected chi connectivity index (χ2v) is 5.32. The smallest absolute Gasteiger partial charge is 0.228 e. The number of carbonyl (C=O) groups excluding carboxylic acids is 1. The minimum absolute atomic E-state index is 0.151. The van der Waals surface area contributed by atoms with Crippen LogP contribution >= 0.6 is 23.2 Å². The molecule has 2 aromatic carbocycles. The second kappa shape index (κ2) is 6.16. The number of nitrogen functional groups attached to an aromatic ring is 1. The van der Waals surface area contributed by atoms with Gasteiger partial charge in [0.1, 0.15) is 0 Å². The van der Waals surface area contributed by atoms with Gasteiger partial charge in [-0.25, -0.2) is 0 Å². The fourth-order valence-electron chi connectivity index (χ4n) is 1.85. The molecule has 0 spiro atoms. The van der Waals surface area contributed by atoms with Gasteiger partial charge in [0.25, 0.3) is 0 Å². The van der Waals surface area contributed by atoms with Gasteiger partial charge in [-0.15, -0.1) is 0 Å². The normalized spacial score (nSPS) is 10.3. The van der Waals surface area contributed by atoms with Crippen LogP contribution in [0.3, 0.4) is 0 Å². The van der Waals surface area contributed by atoms with Crippen LogP contribution in [0.4, 0.5) is 11.4 Å². The highest BCUT2D eigenvalue weighted by molar-refractivity contribution is 6.33. The van der Waals surface area contributed by atoms with Crippen LogP contribution in [-0.2, 0) is 11.2 Å². The van der Waals surface area contributed by atoms with Crippen molar-refractivity contribution in [2.45, 2.75) is 13.3 Å². The lowest BCUT2D eigenvalue weighted by Gasteiger charge is -2.11. The van der Waals surface area contributed by atoms with E-state index in [2.05, 4.69) is 5.32 Å². The molecule has 0 atom stereocenters. The molecular formula is C15H14Cl2N2O. The topological polar surface area (TPSA) is 55.1 Å². The van der Waals surface area contributed by atoms with Crippen molar-refractivity contribution in [3.05, 3.63) is 57.6 Å².